The van der Waals surface area contributed by atoms with E-state index in [9.17, 15) is 13.2 Å². The molecule has 0 unspecified atom stereocenters. The van der Waals surface area contributed by atoms with Gasteiger partial charge in [0.05, 0.1) is 15.9 Å². The van der Waals surface area contributed by atoms with Gasteiger partial charge in [0.2, 0.25) is 15.9 Å². The number of hydrogen-bond donors (Lipinski definition) is 0. The van der Waals surface area contributed by atoms with Crippen LogP contribution < -0.4 is 0 Å². The minimum atomic E-state index is -3.50. The largest absolute Gasteiger partial charge is 0.341 e. The highest BCUT2D eigenvalue weighted by Crippen LogP contribution is 2.25. The van der Waals surface area contributed by atoms with Crippen LogP contribution in [0.5, 0.6) is 0 Å². The Bertz CT molecular complexity index is 1200. The summed E-state index contributed by atoms with van der Waals surface area (Å²) in [5, 5.41) is 0. The number of nitrogens with zero attached hydrogens (tertiary/aromatic N) is 4. The molecule has 1 aliphatic heterocycles. The Morgan fingerprint density at radius 3 is 2.50 bits per heavy atom. The zero-order chi connectivity index (χ0) is 22.7. The summed E-state index contributed by atoms with van der Waals surface area (Å²) in [7, 11) is 0.211. The zero-order valence-electron chi connectivity index (χ0n) is 18.7. The van der Waals surface area contributed by atoms with E-state index in [0.717, 1.165) is 36.2 Å². The van der Waals surface area contributed by atoms with Gasteiger partial charge in [-0.3, -0.25) is 4.79 Å². The van der Waals surface area contributed by atoms with E-state index in [1.807, 2.05) is 55.1 Å². The van der Waals surface area contributed by atoms with Gasteiger partial charge >= 0.3 is 0 Å². The smallest absolute Gasteiger partial charge is 0.243 e. The van der Waals surface area contributed by atoms with Crippen molar-refractivity contribution in [3.63, 3.8) is 0 Å². The van der Waals surface area contributed by atoms with Crippen LogP contribution in [0.25, 0.3) is 11.0 Å². The number of piperidine rings is 1. The van der Waals surface area contributed by atoms with Gasteiger partial charge in [0.25, 0.3) is 0 Å². The molecule has 0 radical (unpaired) electrons. The number of amides is 1. The quantitative estimate of drug-likeness (QED) is 0.549. The van der Waals surface area contributed by atoms with Gasteiger partial charge in [-0.2, -0.15) is 4.31 Å². The number of rotatable bonds is 7. The van der Waals surface area contributed by atoms with E-state index in [1.165, 1.54) is 0 Å². The third-order valence-corrected chi connectivity index (χ3v) is 8.04. The van der Waals surface area contributed by atoms with Crippen LogP contribution in [0.3, 0.4) is 0 Å². The van der Waals surface area contributed by atoms with Crippen LogP contribution in [0.4, 0.5) is 0 Å². The zero-order valence-corrected chi connectivity index (χ0v) is 19.5. The average molecular weight is 455 g/mol. The first-order chi connectivity index (χ1) is 15.4. The van der Waals surface area contributed by atoms with E-state index in [-0.39, 0.29) is 10.8 Å². The lowest BCUT2D eigenvalue weighted by Crippen LogP contribution is -2.35. The number of carbonyl (C=O) groups excluding carboxylic acids is 1. The predicted octanol–water partition coefficient (Wildman–Crippen LogP) is 3.34. The summed E-state index contributed by atoms with van der Waals surface area (Å²) in [6.45, 7) is 1.72. The molecule has 2 heterocycles. The molecule has 0 spiro atoms. The molecule has 3 aromatic rings. The SMILES string of the molecule is CN(Cc1ccccc1)C(=O)CCc1nc2cc(S(=O)(=O)N3CCCCC3)ccc2n1C. The monoisotopic (exact) mass is 454 g/mol. The van der Waals surface area contributed by atoms with Crippen LogP contribution in [-0.2, 0) is 34.8 Å². The molecule has 7 nitrogen and oxygen atoms in total. The summed E-state index contributed by atoms with van der Waals surface area (Å²) in [4.78, 5) is 19.3. The Labute approximate surface area is 189 Å². The van der Waals surface area contributed by atoms with Gasteiger partial charge in [0, 0.05) is 46.6 Å². The van der Waals surface area contributed by atoms with Crippen molar-refractivity contribution in [2.75, 3.05) is 20.1 Å². The van der Waals surface area contributed by atoms with Gasteiger partial charge in [-0.25, -0.2) is 13.4 Å². The summed E-state index contributed by atoms with van der Waals surface area (Å²) < 4.78 is 29.5. The van der Waals surface area contributed by atoms with Gasteiger partial charge in [0.1, 0.15) is 5.82 Å². The summed E-state index contributed by atoms with van der Waals surface area (Å²) in [5.41, 5.74) is 2.60. The molecule has 1 aromatic heterocycles. The normalized spacial score (nSPS) is 15.2. The average Bonchev–Trinajstić information content (AvgIpc) is 3.13. The first-order valence-corrected chi connectivity index (χ1v) is 12.5. The molecule has 2 aromatic carbocycles. The van der Waals surface area contributed by atoms with Crippen LogP contribution in [0.2, 0.25) is 0 Å². The Morgan fingerprint density at radius 1 is 1.06 bits per heavy atom. The van der Waals surface area contributed by atoms with E-state index in [0.29, 0.717) is 38.0 Å². The van der Waals surface area contributed by atoms with Crippen molar-refractivity contribution in [2.24, 2.45) is 7.05 Å². The van der Waals surface area contributed by atoms with Gasteiger partial charge in [-0.1, -0.05) is 36.8 Å². The van der Waals surface area contributed by atoms with Gasteiger partial charge < -0.3 is 9.47 Å². The summed E-state index contributed by atoms with van der Waals surface area (Å²) in [6.07, 6.45) is 3.73. The second-order valence-electron chi connectivity index (χ2n) is 8.44. The summed E-state index contributed by atoms with van der Waals surface area (Å²) in [5.74, 6) is 0.822. The maximum atomic E-state index is 13.0. The third kappa shape index (κ3) is 4.71. The number of fused-ring (bicyclic) bond motifs is 1. The van der Waals surface area contributed by atoms with Crippen LogP contribution in [0, 0.1) is 0 Å². The van der Waals surface area contributed by atoms with Crippen LogP contribution >= 0.6 is 0 Å². The molecule has 170 valence electrons. The Kier molecular flexibility index (Phi) is 6.62. The predicted molar refractivity (Wildman–Crippen MR) is 125 cm³/mol. The maximum Gasteiger partial charge on any atom is 0.243 e. The fourth-order valence-electron chi connectivity index (χ4n) is 4.22. The minimum absolute atomic E-state index is 0.0503. The molecule has 1 fully saturated rings. The lowest BCUT2D eigenvalue weighted by atomic mass is 10.2. The molecule has 1 saturated heterocycles. The number of benzene rings is 2. The van der Waals surface area contributed by atoms with E-state index in [2.05, 4.69) is 4.98 Å². The molecule has 4 rings (SSSR count). The Morgan fingerprint density at radius 2 is 1.78 bits per heavy atom. The van der Waals surface area contributed by atoms with E-state index in [1.54, 1.807) is 21.3 Å². The lowest BCUT2D eigenvalue weighted by molar-refractivity contribution is -0.130. The summed E-state index contributed by atoms with van der Waals surface area (Å²) >= 11 is 0. The molecule has 0 bridgehead atoms. The van der Waals surface area contributed by atoms with Gasteiger partial charge in [-0.15, -0.1) is 0 Å². The van der Waals surface area contributed by atoms with Crippen molar-refractivity contribution < 1.29 is 13.2 Å². The number of imidazole rings is 1. The first-order valence-electron chi connectivity index (χ1n) is 11.1. The lowest BCUT2D eigenvalue weighted by Gasteiger charge is -2.25. The minimum Gasteiger partial charge on any atom is -0.341 e. The molecule has 0 atom stereocenters. The number of carbonyl (C=O) groups is 1. The van der Waals surface area contributed by atoms with E-state index in [4.69, 9.17) is 0 Å². The van der Waals surface area contributed by atoms with Crippen molar-refractivity contribution in [3.05, 3.63) is 59.9 Å². The van der Waals surface area contributed by atoms with E-state index >= 15 is 0 Å². The Hall–Kier alpha value is -2.71. The fourth-order valence-corrected chi connectivity index (χ4v) is 5.76. The Balaban J connectivity index is 1.46. The second-order valence-corrected chi connectivity index (χ2v) is 10.4. The summed E-state index contributed by atoms with van der Waals surface area (Å²) in [6, 6.07) is 15.0. The second kappa shape index (κ2) is 9.42. The highest BCUT2D eigenvalue weighted by Gasteiger charge is 2.26. The number of sulfonamides is 1. The number of aryl methyl sites for hydroxylation is 2. The van der Waals surface area contributed by atoms with Gasteiger partial charge in [0.15, 0.2) is 0 Å². The maximum absolute atomic E-state index is 13.0. The molecule has 1 aliphatic rings. The molecular formula is C24H30N4O3S. The highest BCUT2D eigenvalue weighted by atomic mass is 32.2. The molecule has 8 heteroatoms. The highest BCUT2D eigenvalue weighted by molar-refractivity contribution is 7.89. The molecule has 1 amide bonds. The van der Waals surface area contributed by atoms with Crippen molar-refractivity contribution in [2.45, 2.75) is 43.5 Å². The van der Waals surface area contributed by atoms with Crippen LogP contribution in [0.1, 0.15) is 37.1 Å². The fraction of sp³-hybridized carbons (Fsp3) is 0.417. The first kappa shape index (κ1) is 22.5. The third-order valence-electron chi connectivity index (χ3n) is 6.15. The van der Waals surface area contributed by atoms with Crippen molar-refractivity contribution in [1.29, 1.82) is 0 Å². The molecule has 32 heavy (non-hydrogen) atoms. The number of hydrogen-bond acceptors (Lipinski definition) is 4. The van der Waals surface area contributed by atoms with Crippen molar-refractivity contribution in [1.82, 2.24) is 18.8 Å². The molecule has 0 aliphatic carbocycles. The van der Waals surface area contributed by atoms with Crippen LogP contribution in [0.15, 0.2) is 53.4 Å². The molecular weight excluding hydrogens is 424 g/mol. The number of aromatic nitrogens is 2. The van der Waals surface area contributed by atoms with E-state index < -0.39 is 10.0 Å². The molecule has 0 saturated carbocycles. The topological polar surface area (TPSA) is 75.5 Å². The van der Waals surface area contributed by atoms with Crippen molar-refractivity contribution >= 4 is 27.0 Å². The van der Waals surface area contributed by atoms with Crippen LogP contribution in [-0.4, -0.2) is 53.2 Å². The van der Waals surface area contributed by atoms with Gasteiger partial charge in [-0.05, 0) is 36.6 Å². The molecule has 0 N–H and O–H groups in total. The van der Waals surface area contributed by atoms with Crippen molar-refractivity contribution in [3.8, 4) is 0 Å². The standard InChI is InChI=1S/C24H30N4O3S/c1-26(18-19-9-5-3-6-10-19)24(29)14-13-23-25-21-17-20(11-12-22(21)27(23)2)32(30,31)28-15-7-4-8-16-28/h3,5-6,9-12,17H,4,7-8,13-16,18H2,1-2H3.